The van der Waals surface area contributed by atoms with E-state index < -0.39 is 30.6 Å². The van der Waals surface area contributed by atoms with Crippen LogP contribution in [-0.2, 0) is 20.9 Å². The standard InChI is InChI=1S/C13H12N4O.C11H17F3N2O2.C4H10/c14-4-9-2-1-3-10-11(9)6-16-7-12(10)13(5-15)17-8-18;1-7-5-16(6-10(7,2)3)8(17)4-15-9(18)11(12,13)14;1-4(2)3/h1-3,6-8,13H,4,14H2,(H,17,18);7H,4-6H2,1-3H3,(H,15,18);4H,1-3H3/t;7-;/m.0./s1. The summed E-state index contributed by atoms with van der Waals surface area (Å²) in [6.07, 6.45) is -1.12. The molecule has 220 valence electrons. The summed E-state index contributed by atoms with van der Waals surface area (Å²) >= 11 is 0. The minimum atomic E-state index is -4.95. The fourth-order valence-corrected chi connectivity index (χ4v) is 3.80. The van der Waals surface area contributed by atoms with Crippen molar-refractivity contribution in [3.05, 3.63) is 41.7 Å². The van der Waals surface area contributed by atoms with Crippen LogP contribution in [0.4, 0.5) is 13.2 Å². The van der Waals surface area contributed by atoms with Gasteiger partial charge in [-0.25, -0.2) is 0 Å². The molecule has 9 nitrogen and oxygen atoms in total. The van der Waals surface area contributed by atoms with Crippen LogP contribution in [0.25, 0.3) is 10.8 Å². The van der Waals surface area contributed by atoms with Crippen LogP contribution in [0, 0.1) is 28.6 Å². The van der Waals surface area contributed by atoms with Crippen LogP contribution in [0.15, 0.2) is 30.6 Å². The number of carbonyl (C=O) groups excluding carboxylic acids is 3. The monoisotopic (exact) mass is 564 g/mol. The van der Waals surface area contributed by atoms with Crippen molar-refractivity contribution in [1.29, 1.82) is 5.26 Å². The fourth-order valence-electron chi connectivity index (χ4n) is 3.80. The van der Waals surface area contributed by atoms with Gasteiger partial charge in [-0.2, -0.15) is 18.4 Å². The van der Waals surface area contributed by atoms with Crippen molar-refractivity contribution >= 4 is 29.0 Å². The number of hydrogen-bond acceptors (Lipinski definition) is 6. The minimum Gasteiger partial charge on any atom is -0.340 e. The molecule has 1 aromatic carbocycles. The molecule has 1 aliphatic rings. The molecule has 12 heteroatoms. The number of nitrogens with zero attached hydrogens (tertiary/aromatic N) is 3. The predicted octanol–water partition coefficient (Wildman–Crippen LogP) is 3.84. The highest BCUT2D eigenvalue weighted by atomic mass is 19.4. The first-order valence-corrected chi connectivity index (χ1v) is 12.9. The number of likely N-dealkylation sites (tertiary alicyclic amines) is 1. The summed E-state index contributed by atoms with van der Waals surface area (Å²) < 4.78 is 35.8. The first-order chi connectivity index (χ1) is 18.6. The van der Waals surface area contributed by atoms with Gasteiger partial charge in [0.2, 0.25) is 12.3 Å². The van der Waals surface area contributed by atoms with E-state index in [1.807, 2.05) is 45.0 Å². The molecule has 0 bridgehead atoms. The lowest BCUT2D eigenvalue weighted by Gasteiger charge is -2.22. The summed E-state index contributed by atoms with van der Waals surface area (Å²) in [6, 6.07) is 7.02. The van der Waals surface area contributed by atoms with Gasteiger partial charge in [0.05, 0.1) is 12.6 Å². The number of amides is 3. The van der Waals surface area contributed by atoms with Crippen molar-refractivity contribution in [3.63, 3.8) is 0 Å². The molecule has 0 aliphatic carbocycles. The molecule has 3 rings (SSSR count). The molecule has 0 spiro atoms. The number of halogens is 3. The molecular formula is C28H39F3N6O3. The van der Waals surface area contributed by atoms with Crippen LogP contribution >= 0.6 is 0 Å². The average Bonchev–Trinajstić information content (AvgIpc) is 3.16. The zero-order valence-electron chi connectivity index (χ0n) is 23.8. The van der Waals surface area contributed by atoms with E-state index in [1.54, 1.807) is 17.7 Å². The van der Waals surface area contributed by atoms with E-state index >= 15 is 0 Å². The van der Waals surface area contributed by atoms with Gasteiger partial charge in [0.1, 0.15) is 6.04 Å². The van der Waals surface area contributed by atoms with Gasteiger partial charge in [-0.05, 0) is 28.2 Å². The summed E-state index contributed by atoms with van der Waals surface area (Å²) in [5, 5.41) is 14.9. The molecule has 1 aromatic heterocycles. The average molecular weight is 565 g/mol. The molecule has 1 fully saturated rings. The van der Waals surface area contributed by atoms with Gasteiger partial charge in [0.25, 0.3) is 0 Å². The van der Waals surface area contributed by atoms with Crippen molar-refractivity contribution in [2.24, 2.45) is 23.0 Å². The Morgan fingerprint density at radius 3 is 2.35 bits per heavy atom. The molecule has 40 heavy (non-hydrogen) atoms. The van der Waals surface area contributed by atoms with E-state index in [2.05, 4.69) is 31.1 Å². The zero-order chi connectivity index (χ0) is 30.7. The third kappa shape index (κ3) is 10.1. The van der Waals surface area contributed by atoms with Crippen molar-refractivity contribution in [1.82, 2.24) is 20.5 Å². The van der Waals surface area contributed by atoms with Crippen molar-refractivity contribution in [3.8, 4) is 6.07 Å². The van der Waals surface area contributed by atoms with Crippen LogP contribution in [0.3, 0.4) is 0 Å². The number of carbonyl (C=O) groups is 3. The fraction of sp³-hybridized carbons (Fsp3) is 0.536. The Labute approximate surface area is 233 Å². The topological polar surface area (TPSA) is 141 Å². The van der Waals surface area contributed by atoms with Crippen LogP contribution < -0.4 is 16.4 Å². The highest BCUT2D eigenvalue weighted by Crippen LogP contribution is 2.34. The number of nitrogens with two attached hydrogens (primary N) is 1. The number of alkyl halides is 3. The quantitative estimate of drug-likeness (QED) is 0.456. The highest BCUT2D eigenvalue weighted by molar-refractivity contribution is 5.89. The lowest BCUT2D eigenvalue weighted by molar-refractivity contribution is -0.174. The number of fused-ring (bicyclic) bond motifs is 1. The molecule has 1 unspecified atom stereocenters. The summed E-state index contributed by atoms with van der Waals surface area (Å²) in [4.78, 5) is 38.3. The first kappa shape index (κ1) is 34.3. The second-order valence-corrected chi connectivity index (χ2v) is 10.9. The predicted molar refractivity (Wildman–Crippen MR) is 146 cm³/mol. The molecule has 4 N–H and O–H groups in total. The maximum atomic E-state index is 11.9. The van der Waals surface area contributed by atoms with E-state index in [4.69, 9.17) is 11.0 Å². The lowest BCUT2D eigenvalue weighted by Crippen LogP contribution is -2.44. The molecule has 2 aromatic rings. The van der Waals surface area contributed by atoms with E-state index in [0.717, 1.165) is 22.3 Å². The van der Waals surface area contributed by atoms with Gasteiger partial charge in [-0.15, -0.1) is 0 Å². The van der Waals surface area contributed by atoms with E-state index in [9.17, 15) is 27.6 Å². The Balaban J connectivity index is 0.000000353. The summed E-state index contributed by atoms with van der Waals surface area (Å²) in [5.41, 5.74) is 7.26. The number of nitrogens with one attached hydrogen (secondary N) is 2. The van der Waals surface area contributed by atoms with Gasteiger partial charge >= 0.3 is 12.1 Å². The number of pyridine rings is 1. The van der Waals surface area contributed by atoms with E-state index in [1.165, 1.54) is 4.90 Å². The maximum absolute atomic E-state index is 11.9. The molecule has 1 saturated heterocycles. The molecular weight excluding hydrogens is 525 g/mol. The Bertz CT molecular complexity index is 1190. The highest BCUT2D eigenvalue weighted by Gasteiger charge is 2.41. The van der Waals surface area contributed by atoms with Crippen LogP contribution in [0.5, 0.6) is 0 Å². The number of benzene rings is 1. The molecule has 0 radical (unpaired) electrons. The van der Waals surface area contributed by atoms with Gasteiger partial charge < -0.3 is 21.3 Å². The van der Waals surface area contributed by atoms with Gasteiger partial charge in [-0.3, -0.25) is 19.4 Å². The van der Waals surface area contributed by atoms with Gasteiger partial charge in [0, 0.05) is 43.0 Å². The largest absolute Gasteiger partial charge is 0.471 e. The number of hydrogen-bond donors (Lipinski definition) is 3. The molecule has 2 atom stereocenters. The van der Waals surface area contributed by atoms with Gasteiger partial charge in [-0.1, -0.05) is 59.7 Å². The number of nitriles is 1. The Morgan fingerprint density at radius 1 is 1.25 bits per heavy atom. The van der Waals surface area contributed by atoms with Crippen molar-refractivity contribution in [2.45, 2.75) is 60.3 Å². The van der Waals surface area contributed by atoms with Crippen LogP contribution in [0.2, 0.25) is 0 Å². The SMILES string of the molecule is CC(C)C.C[C@H]1CN(C(=O)CNC(=O)C(F)(F)F)CC1(C)C.N#CC(NC=O)c1cncc2c(CN)cccc12. The van der Waals surface area contributed by atoms with Gasteiger partial charge in [0.15, 0.2) is 0 Å². The Morgan fingerprint density at radius 2 is 1.88 bits per heavy atom. The second-order valence-electron chi connectivity index (χ2n) is 10.9. The maximum Gasteiger partial charge on any atom is 0.471 e. The van der Waals surface area contributed by atoms with Crippen molar-refractivity contribution in [2.75, 3.05) is 19.6 Å². The Hall–Kier alpha value is -3.72. The number of rotatable bonds is 6. The second kappa shape index (κ2) is 15.2. The molecule has 1 aliphatic heterocycles. The smallest absolute Gasteiger partial charge is 0.340 e. The summed E-state index contributed by atoms with van der Waals surface area (Å²) in [6.45, 7) is 13.3. The summed E-state index contributed by atoms with van der Waals surface area (Å²) in [5.74, 6) is -1.45. The van der Waals surface area contributed by atoms with Crippen LogP contribution in [0.1, 0.15) is 58.7 Å². The molecule has 3 amide bonds. The third-order valence-electron chi connectivity index (χ3n) is 6.26. The molecule has 0 saturated carbocycles. The number of aromatic nitrogens is 1. The minimum absolute atomic E-state index is 0.0519. The Kier molecular flexibility index (Phi) is 13.0. The molecule has 2 heterocycles. The zero-order valence-corrected chi connectivity index (χ0v) is 23.8. The first-order valence-electron chi connectivity index (χ1n) is 12.9. The normalized spacial score (nSPS) is 16.6. The van der Waals surface area contributed by atoms with E-state index in [-0.39, 0.29) is 11.3 Å². The third-order valence-corrected chi connectivity index (χ3v) is 6.26. The van der Waals surface area contributed by atoms with E-state index in [0.29, 0.717) is 31.6 Å². The lowest BCUT2D eigenvalue weighted by atomic mass is 9.84. The van der Waals surface area contributed by atoms with Crippen LogP contribution in [-0.4, -0.2) is 53.9 Å². The van der Waals surface area contributed by atoms with Crippen molar-refractivity contribution < 1.29 is 27.6 Å². The summed E-state index contributed by atoms with van der Waals surface area (Å²) in [7, 11) is 0.